The van der Waals surface area contributed by atoms with E-state index in [2.05, 4.69) is 23.9 Å². The molecule has 1 atom stereocenters. The molecule has 0 aliphatic heterocycles. The zero-order valence-electron chi connectivity index (χ0n) is 11.8. The van der Waals surface area contributed by atoms with E-state index in [4.69, 9.17) is 4.74 Å². The fraction of sp³-hybridized carbons (Fsp3) is 0.571. The molecule has 1 N–H and O–H groups in total. The summed E-state index contributed by atoms with van der Waals surface area (Å²) in [5, 5.41) is 3.32. The lowest BCUT2D eigenvalue weighted by Gasteiger charge is -2.21. The number of rotatable bonds is 7. The number of benzene rings is 1. The van der Waals surface area contributed by atoms with Crippen LogP contribution in [0.25, 0.3) is 0 Å². The first-order valence-corrected chi connectivity index (χ1v) is 6.39. The molecule has 1 aromatic carbocycles. The van der Waals surface area contributed by atoms with Crippen molar-refractivity contribution in [1.29, 1.82) is 0 Å². The third-order valence-electron chi connectivity index (χ3n) is 2.88. The molecule has 1 rings (SSSR count). The predicted octanol–water partition coefficient (Wildman–Crippen LogP) is 3.35. The topological polar surface area (TPSA) is 30.5 Å². The highest BCUT2D eigenvalue weighted by Crippen LogP contribution is 2.22. The fourth-order valence-electron chi connectivity index (χ4n) is 1.72. The molecule has 1 unspecified atom stereocenters. The monoisotopic (exact) mass is 291 g/mol. The lowest BCUT2D eigenvalue weighted by atomic mass is 10.0. The third kappa shape index (κ3) is 6.25. The molecule has 1 aromatic rings. The van der Waals surface area contributed by atoms with Crippen molar-refractivity contribution in [2.75, 3.05) is 13.7 Å². The second-order valence-corrected chi connectivity index (χ2v) is 4.88. The molecule has 0 aromatic heterocycles. The maximum atomic E-state index is 12.0. The number of halogens is 3. The van der Waals surface area contributed by atoms with Crippen LogP contribution >= 0.6 is 0 Å². The molecule has 0 aliphatic carbocycles. The number of alkyl halides is 3. The van der Waals surface area contributed by atoms with Crippen LogP contribution in [0, 0.1) is 5.92 Å². The maximum Gasteiger partial charge on any atom is 0.573 e. The highest BCUT2D eigenvalue weighted by Gasteiger charge is 2.30. The normalized spacial score (nSPS) is 13.6. The summed E-state index contributed by atoms with van der Waals surface area (Å²) in [4.78, 5) is 0. The van der Waals surface area contributed by atoms with Gasteiger partial charge in [0.15, 0.2) is 0 Å². The van der Waals surface area contributed by atoms with E-state index in [1.54, 1.807) is 19.2 Å². The average molecular weight is 291 g/mol. The minimum Gasteiger partial charge on any atom is -0.406 e. The number of hydrogen-bond donors (Lipinski definition) is 1. The summed E-state index contributed by atoms with van der Waals surface area (Å²) < 4.78 is 45.0. The van der Waals surface area contributed by atoms with Gasteiger partial charge in [0.25, 0.3) is 0 Å². The van der Waals surface area contributed by atoms with Crippen molar-refractivity contribution in [3.8, 4) is 5.75 Å². The third-order valence-corrected chi connectivity index (χ3v) is 2.88. The highest BCUT2D eigenvalue weighted by atomic mass is 19.4. The Morgan fingerprint density at radius 3 is 2.20 bits per heavy atom. The molecule has 0 saturated carbocycles. The Bertz CT molecular complexity index is 390. The van der Waals surface area contributed by atoms with Crippen LogP contribution in [0.3, 0.4) is 0 Å². The molecule has 0 amide bonds. The zero-order valence-corrected chi connectivity index (χ0v) is 11.8. The van der Waals surface area contributed by atoms with E-state index < -0.39 is 6.36 Å². The molecule has 0 saturated heterocycles. The van der Waals surface area contributed by atoms with Gasteiger partial charge in [-0.05, 0) is 23.6 Å². The van der Waals surface area contributed by atoms with Crippen LogP contribution in [-0.4, -0.2) is 26.1 Å². The Morgan fingerprint density at radius 2 is 1.75 bits per heavy atom. The first-order valence-electron chi connectivity index (χ1n) is 6.39. The minimum absolute atomic E-state index is 0.200. The van der Waals surface area contributed by atoms with Crippen molar-refractivity contribution >= 4 is 0 Å². The van der Waals surface area contributed by atoms with Crippen LogP contribution in [0.4, 0.5) is 13.2 Å². The molecule has 3 nitrogen and oxygen atoms in total. The van der Waals surface area contributed by atoms with Gasteiger partial charge >= 0.3 is 6.36 Å². The first-order chi connectivity index (χ1) is 9.31. The van der Waals surface area contributed by atoms with Crippen LogP contribution in [-0.2, 0) is 11.3 Å². The van der Waals surface area contributed by atoms with E-state index in [1.807, 2.05) is 0 Å². The number of hydrogen-bond acceptors (Lipinski definition) is 3. The maximum absolute atomic E-state index is 12.0. The van der Waals surface area contributed by atoms with Gasteiger partial charge in [-0.3, -0.25) is 0 Å². The van der Waals surface area contributed by atoms with Crippen LogP contribution < -0.4 is 10.1 Å². The molecular weight excluding hydrogens is 271 g/mol. The lowest BCUT2D eigenvalue weighted by molar-refractivity contribution is -0.274. The summed E-state index contributed by atoms with van der Waals surface area (Å²) in [6, 6.07) is 6.04. The first kappa shape index (κ1) is 16.8. The molecular formula is C14H20F3NO2. The standard InChI is InChI=1S/C14H20F3NO2/c1-10(2)13(9-19-3)18-8-11-4-6-12(7-5-11)20-14(15,16)17/h4-7,10,13,18H,8-9H2,1-3H3. The summed E-state index contributed by atoms with van der Waals surface area (Å²) in [6.07, 6.45) is -4.65. The van der Waals surface area contributed by atoms with Crippen LogP contribution in [0.5, 0.6) is 5.75 Å². The molecule has 0 fully saturated rings. The Kier molecular flexibility index (Phi) is 6.29. The smallest absolute Gasteiger partial charge is 0.406 e. The largest absolute Gasteiger partial charge is 0.573 e. The highest BCUT2D eigenvalue weighted by molar-refractivity contribution is 5.27. The molecule has 0 spiro atoms. The molecule has 0 radical (unpaired) electrons. The Balaban J connectivity index is 2.52. The van der Waals surface area contributed by atoms with Crippen molar-refractivity contribution in [2.45, 2.75) is 32.8 Å². The van der Waals surface area contributed by atoms with Gasteiger partial charge in [0, 0.05) is 19.7 Å². The summed E-state index contributed by atoms with van der Waals surface area (Å²) in [5.74, 6) is 0.196. The van der Waals surface area contributed by atoms with E-state index >= 15 is 0 Å². The SMILES string of the molecule is COCC(NCc1ccc(OC(F)(F)F)cc1)C(C)C. The van der Waals surface area contributed by atoms with Crippen molar-refractivity contribution < 1.29 is 22.6 Å². The van der Waals surface area contributed by atoms with Crippen molar-refractivity contribution in [1.82, 2.24) is 5.32 Å². The van der Waals surface area contributed by atoms with Gasteiger partial charge in [-0.15, -0.1) is 13.2 Å². The Morgan fingerprint density at radius 1 is 1.15 bits per heavy atom. The fourth-order valence-corrected chi connectivity index (χ4v) is 1.72. The van der Waals surface area contributed by atoms with E-state index in [1.165, 1.54) is 12.1 Å². The number of nitrogens with one attached hydrogen (secondary N) is 1. The Labute approximate surface area is 117 Å². The molecule has 0 heterocycles. The second kappa shape index (κ2) is 7.50. The predicted molar refractivity (Wildman–Crippen MR) is 70.5 cm³/mol. The van der Waals surface area contributed by atoms with Crippen molar-refractivity contribution in [3.05, 3.63) is 29.8 Å². The summed E-state index contributed by atoms with van der Waals surface area (Å²) in [5.41, 5.74) is 0.890. The van der Waals surface area contributed by atoms with E-state index in [9.17, 15) is 13.2 Å². The van der Waals surface area contributed by atoms with Gasteiger partial charge in [0.1, 0.15) is 5.75 Å². The number of methoxy groups -OCH3 is 1. The van der Waals surface area contributed by atoms with Gasteiger partial charge < -0.3 is 14.8 Å². The molecule has 0 bridgehead atoms. The average Bonchev–Trinajstić information content (AvgIpc) is 2.34. The van der Waals surface area contributed by atoms with Gasteiger partial charge in [0.2, 0.25) is 0 Å². The second-order valence-electron chi connectivity index (χ2n) is 4.88. The Hall–Kier alpha value is -1.27. The number of ether oxygens (including phenoxy) is 2. The van der Waals surface area contributed by atoms with E-state index in [-0.39, 0.29) is 11.8 Å². The van der Waals surface area contributed by atoms with Gasteiger partial charge in [-0.1, -0.05) is 26.0 Å². The molecule has 6 heteroatoms. The van der Waals surface area contributed by atoms with Gasteiger partial charge in [-0.2, -0.15) is 0 Å². The summed E-state index contributed by atoms with van der Waals surface area (Å²) >= 11 is 0. The minimum atomic E-state index is -4.65. The van der Waals surface area contributed by atoms with Crippen LogP contribution in [0.2, 0.25) is 0 Å². The zero-order chi connectivity index (χ0) is 15.2. The van der Waals surface area contributed by atoms with Crippen molar-refractivity contribution in [3.63, 3.8) is 0 Å². The van der Waals surface area contributed by atoms with Gasteiger partial charge in [-0.25, -0.2) is 0 Å². The van der Waals surface area contributed by atoms with E-state index in [0.29, 0.717) is 19.1 Å². The molecule has 0 aliphatic rings. The molecule has 20 heavy (non-hydrogen) atoms. The summed E-state index contributed by atoms with van der Waals surface area (Å²) in [6.45, 7) is 5.32. The molecule has 114 valence electrons. The van der Waals surface area contributed by atoms with Crippen LogP contribution in [0.15, 0.2) is 24.3 Å². The quantitative estimate of drug-likeness (QED) is 0.835. The van der Waals surface area contributed by atoms with E-state index in [0.717, 1.165) is 5.56 Å². The van der Waals surface area contributed by atoms with Crippen molar-refractivity contribution in [2.24, 2.45) is 5.92 Å². The van der Waals surface area contributed by atoms with Crippen LogP contribution in [0.1, 0.15) is 19.4 Å². The lowest BCUT2D eigenvalue weighted by Crippen LogP contribution is -2.37. The van der Waals surface area contributed by atoms with Gasteiger partial charge in [0.05, 0.1) is 6.61 Å². The summed E-state index contributed by atoms with van der Waals surface area (Å²) in [7, 11) is 1.64.